The molecule has 0 unspecified atom stereocenters. The molecule has 0 fully saturated rings. The van der Waals surface area contributed by atoms with E-state index in [0.29, 0.717) is 28.0 Å². The maximum Gasteiger partial charge on any atom is 0.350 e. The summed E-state index contributed by atoms with van der Waals surface area (Å²) in [7, 11) is -7.16. The van der Waals surface area contributed by atoms with Crippen molar-refractivity contribution >= 4 is 76.1 Å². The number of rotatable bonds is 12. The lowest BCUT2D eigenvalue weighted by atomic mass is 10.2. The number of terminal acetylenes is 1. The van der Waals surface area contributed by atoms with Gasteiger partial charge in [0.1, 0.15) is 33.8 Å². The number of carbonyl (C=O) groups excluding carboxylic acids is 1. The molecule has 302 valence electrons. The van der Waals surface area contributed by atoms with Gasteiger partial charge >= 0.3 is 37.3 Å². The summed E-state index contributed by atoms with van der Waals surface area (Å²) in [6.45, 7) is 1.84. The highest BCUT2D eigenvalue weighted by atomic mass is 35.5. The number of carbonyl (C=O) groups is 3. The van der Waals surface area contributed by atoms with E-state index in [1.807, 2.05) is 0 Å². The second kappa shape index (κ2) is 20.2. The molecule has 0 atom stereocenters. The molecular weight excluding hydrogens is 848 g/mol. The summed E-state index contributed by atoms with van der Waals surface area (Å²) in [5.41, 5.74) is 0.229. The van der Waals surface area contributed by atoms with Crippen molar-refractivity contribution in [3.05, 3.63) is 60.6 Å². The van der Waals surface area contributed by atoms with Crippen LogP contribution in [0.1, 0.15) is 34.2 Å². The van der Waals surface area contributed by atoms with Gasteiger partial charge in [-0.15, -0.1) is 22.9 Å². The molecule has 27 heteroatoms. The number of aliphatic carboxylic acids is 1. The first-order valence-corrected chi connectivity index (χ1v) is 20.3. The van der Waals surface area contributed by atoms with Crippen LogP contribution in [0.15, 0.2) is 33.3 Å². The summed E-state index contributed by atoms with van der Waals surface area (Å²) in [5.74, 6) is 0.967. The minimum Gasteiger partial charge on any atom is -0.480 e. The van der Waals surface area contributed by atoms with Crippen LogP contribution in [-0.2, 0) is 32.3 Å². The number of thiophene rings is 1. The topological polar surface area (TPSA) is 316 Å². The van der Waals surface area contributed by atoms with Crippen molar-refractivity contribution in [2.75, 3.05) is 31.9 Å². The number of aromatic carboxylic acids is 1. The molecular formula is C29H32Cl2N9O13PS2. The highest BCUT2D eigenvalue weighted by Gasteiger charge is 2.26. The number of halogens is 2. The quantitative estimate of drug-likeness (QED) is 0.0790. The molecule has 22 nitrogen and oxygen atoms in total. The Morgan fingerprint density at radius 2 is 1.84 bits per heavy atom. The number of aryl methyl sites for hydroxylation is 2. The van der Waals surface area contributed by atoms with Crippen molar-refractivity contribution in [3.8, 4) is 29.8 Å². The number of urea groups is 1. The van der Waals surface area contributed by atoms with Gasteiger partial charge in [-0.25, -0.2) is 27.5 Å². The first kappa shape index (κ1) is 45.3. The summed E-state index contributed by atoms with van der Waals surface area (Å²) in [6.07, 6.45) is 7.37. The molecule has 4 aromatic rings. The van der Waals surface area contributed by atoms with Gasteiger partial charge in [-0.1, -0.05) is 29.1 Å². The fraction of sp³-hybridized carbons (Fsp3) is 0.310. The molecule has 0 spiro atoms. The smallest absolute Gasteiger partial charge is 0.350 e. The van der Waals surface area contributed by atoms with E-state index >= 15 is 0 Å². The number of nitrogens with zero attached hydrogens (tertiary/aromatic N) is 6. The Kier molecular flexibility index (Phi) is 16.3. The number of ether oxygens (including phenoxy) is 2. The fourth-order valence-corrected chi connectivity index (χ4v) is 7.44. The summed E-state index contributed by atoms with van der Waals surface area (Å²) >= 11 is 13.0. The van der Waals surface area contributed by atoms with Gasteiger partial charge in [0.05, 0.1) is 35.7 Å². The summed E-state index contributed by atoms with van der Waals surface area (Å²) in [4.78, 5) is 71.8. The second-order valence-electron chi connectivity index (χ2n) is 10.8. The fourth-order valence-electron chi connectivity index (χ4n) is 4.35. The Labute approximate surface area is 331 Å². The monoisotopic (exact) mass is 879 g/mol. The van der Waals surface area contributed by atoms with E-state index in [1.54, 1.807) is 15.4 Å². The zero-order valence-corrected chi connectivity index (χ0v) is 33.0. The van der Waals surface area contributed by atoms with Gasteiger partial charge in [0.25, 0.3) is 10.0 Å². The van der Waals surface area contributed by atoms with Crippen molar-refractivity contribution < 1.29 is 56.8 Å². The third-order valence-electron chi connectivity index (χ3n) is 6.58. The lowest BCUT2D eigenvalue weighted by Gasteiger charge is -2.09. The van der Waals surface area contributed by atoms with Crippen LogP contribution in [0, 0.1) is 19.3 Å². The number of hydrogen-bond acceptors (Lipinski definition) is 15. The number of benzene rings is 1. The standard InChI is InChI=1S/C15H13Cl2N3O2.C11H11N5O6S2.C3H8NO5P/c1-2-7-22-13-9-12(10(16)8-11(13)17)20-15(21)19-6-4-3-5-14(19)18-20;1-5-12-9(15-11(13-5)22-2)14-10(19)16-24(20,21)6-3-4-23-7(6)8(17)18;5-3(6)1-4-2-10(7,8)9/h1,8-9H,3-7H2;3-4H,1-2H3,(H,17,18)(H2,12,13,14,15,16,19);4H,1-2H2,(H,5,6)(H2,7,8,9). The maximum absolute atomic E-state index is 12.5. The normalized spacial score (nSPS) is 12.0. The van der Waals surface area contributed by atoms with E-state index < -0.39 is 58.2 Å². The van der Waals surface area contributed by atoms with Crippen molar-refractivity contribution in [2.45, 2.75) is 37.6 Å². The van der Waals surface area contributed by atoms with Crippen LogP contribution in [0.4, 0.5) is 10.7 Å². The zero-order valence-electron chi connectivity index (χ0n) is 29.0. The summed E-state index contributed by atoms with van der Waals surface area (Å²) in [6, 6.07) is 2.97. The number of carboxylic acid groups (broad SMARTS) is 2. The van der Waals surface area contributed by atoms with Gasteiger partial charge in [-0.2, -0.15) is 19.6 Å². The van der Waals surface area contributed by atoms with Gasteiger partial charge in [0.15, 0.2) is 0 Å². The number of amides is 2. The van der Waals surface area contributed by atoms with Crippen LogP contribution in [0.2, 0.25) is 10.0 Å². The first-order valence-electron chi connectivity index (χ1n) is 15.4. The van der Waals surface area contributed by atoms with E-state index in [0.717, 1.165) is 42.5 Å². The number of methoxy groups -OCH3 is 1. The molecule has 56 heavy (non-hydrogen) atoms. The van der Waals surface area contributed by atoms with Crippen molar-refractivity contribution in [3.63, 3.8) is 0 Å². The SMILES string of the molecule is C#CCOc1cc(-n2nc3n(c2=O)CCCC3)c(Cl)cc1Cl.COc1nc(C)nc(NC(=O)NS(=O)(=O)c2ccsc2C(=O)O)n1.O=C(O)CNCP(=O)(O)O. The molecule has 4 heterocycles. The molecule has 0 bridgehead atoms. The molecule has 0 aliphatic carbocycles. The van der Waals surface area contributed by atoms with Crippen LogP contribution in [0.25, 0.3) is 5.69 Å². The molecule has 7 N–H and O–H groups in total. The number of fused-ring (bicyclic) bond motifs is 1. The Morgan fingerprint density at radius 3 is 2.45 bits per heavy atom. The van der Waals surface area contributed by atoms with E-state index in [1.165, 1.54) is 30.2 Å². The Bertz CT molecular complexity index is 2340. The van der Waals surface area contributed by atoms with E-state index in [-0.39, 0.29) is 30.1 Å². The van der Waals surface area contributed by atoms with Gasteiger partial charge in [0, 0.05) is 19.0 Å². The second-order valence-corrected chi connectivity index (χ2v) is 15.8. The van der Waals surface area contributed by atoms with Crippen LogP contribution < -0.4 is 30.5 Å². The maximum atomic E-state index is 12.5. The molecule has 0 saturated heterocycles. The number of nitrogens with one attached hydrogen (secondary N) is 3. The van der Waals surface area contributed by atoms with E-state index in [9.17, 15) is 32.2 Å². The van der Waals surface area contributed by atoms with Crippen molar-refractivity contribution in [1.29, 1.82) is 0 Å². The minimum atomic E-state index is -4.37. The lowest BCUT2D eigenvalue weighted by molar-refractivity contribution is -0.135. The van der Waals surface area contributed by atoms with Crippen LogP contribution in [0.3, 0.4) is 0 Å². The van der Waals surface area contributed by atoms with Crippen LogP contribution in [0.5, 0.6) is 11.8 Å². The van der Waals surface area contributed by atoms with Gasteiger partial charge in [-0.05, 0) is 37.3 Å². The molecule has 0 radical (unpaired) electrons. The summed E-state index contributed by atoms with van der Waals surface area (Å²) in [5, 5.41) is 27.4. The highest BCUT2D eigenvalue weighted by molar-refractivity contribution is 7.90. The summed E-state index contributed by atoms with van der Waals surface area (Å²) < 4.78 is 49.1. The minimum absolute atomic E-state index is 0.0633. The zero-order chi connectivity index (χ0) is 41.8. The Balaban J connectivity index is 0.000000244. The number of anilines is 1. The van der Waals surface area contributed by atoms with Gasteiger partial charge < -0.3 is 29.5 Å². The van der Waals surface area contributed by atoms with E-state index in [2.05, 4.69) is 36.6 Å². The molecule has 1 aromatic carbocycles. The predicted octanol–water partition coefficient (Wildman–Crippen LogP) is 1.94. The number of sulfonamides is 1. The number of carboxylic acids is 2. The lowest BCUT2D eigenvalue weighted by Crippen LogP contribution is -2.35. The first-order chi connectivity index (χ1) is 26.3. The molecule has 5 rings (SSSR count). The van der Waals surface area contributed by atoms with Crippen LogP contribution in [-0.4, -0.2) is 102 Å². The number of hydrogen-bond donors (Lipinski definition) is 7. The van der Waals surface area contributed by atoms with Crippen molar-refractivity contribution in [1.82, 2.24) is 39.3 Å². The van der Waals surface area contributed by atoms with E-state index in [4.69, 9.17) is 59.1 Å². The molecule has 1 aliphatic rings. The average molecular weight is 881 g/mol. The largest absolute Gasteiger partial charge is 0.480 e. The van der Waals surface area contributed by atoms with Gasteiger partial charge in [-0.3, -0.25) is 24.6 Å². The molecule has 1 aliphatic heterocycles. The predicted molar refractivity (Wildman–Crippen MR) is 199 cm³/mol. The highest BCUT2D eigenvalue weighted by Crippen LogP contribution is 2.33. The molecule has 0 saturated carbocycles. The Hall–Kier alpha value is -5.12. The van der Waals surface area contributed by atoms with Crippen molar-refractivity contribution in [2.24, 2.45) is 0 Å². The molecule has 3 aromatic heterocycles. The average Bonchev–Trinajstić information content (AvgIpc) is 3.74. The third-order valence-corrected chi connectivity index (χ3v) is 10.2. The Morgan fingerprint density at radius 1 is 1.12 bits per heavy atom. The third kappa shape index (κ3) is 13.3. The molecule has 2 amide bonds. The van der Waals surface area contributed by atoms with Crippen LogP contribution >= 0.6 is 42.1 Å². The van der Waals surface area contributed by atoms with Gasteiger partial charge in [0.2, 0.25) is 5.95 Å². The number of aromatic nitrogens is 6.